The average Bonchev–Trinajstić information content (AvgIpc) is 2.30. The average molecular weight is 223 g/mol. The summed E-state index contributed by atoms with van der Waals surface area (Å²) in [6.07, 6.45) is 7.22. The summed E-state index contributed by atoms with van der Waals surface area (Å²) < 4.78 is 12.8. The standard InChI is InChI=1S/C14H22FN/c1-4-6-7-10-14(3,5-2)13-9-8-12(15)11-16-13/h8-9,11H,4-7,10H2,1-3H3. The SMILES string of the molecule is CCCCCC(C)(CC)c1ccc(F)cn1. The molecule has 0 saturated heterocycles. The van der Waals surface area contributed by atoms with Gasteiger partial charge in [-0.1, -0.05) is 40.0 Å². The van der Waals surface area contributed by atoms with Crippen molar-refractivity contribution in [3.63, 3.8) is 0 Å². The van der Waals surface area contributed by atoms with Crippen molar-refractivity contribution in [2.24, 2.45) is 0 Å². The number of hydrogen-bond acceptors (Lipinski definition) is 1. The second-order valence-electron chi connectivity index (χ2n) is 4.73. The first-order chi connectivity index (χ1) is 7.62. The van der Waals surface area contributed by atoms with Gasteiger partial charge in [0, 0.05) is 11.1 Å². The van der Waals surface area contributed by atoms with Crippen LogP contribution in [0.3, 0.4) is 0 Å². The third-order valence-electron chi connectivity index (χ3n) is 3.46. The number of aromatic nitrogens is 1. The fraction of sp³-hybridized carbons (Fsp3) is 0.643. The minimum atomic E-state index is -0.254. The first kappa shape index (κ1) is 13.1. The molecule has 0 amide bonds. The minimum Gasteiger partial charge on any atom is -0.258 e. The van der Waals surface area contributed by atoms with Crippen molar-refractivity contribution in [1.82, 2.24) is 4.98 Å². The normalized spacial score (nSPS) is 14.8. The molecule has 0 aliphatic heterocycles. The highest BCUT2D eigenvalue weighted by Crippen LogP contribution is 2.31. The van der Waals surface area contributed by atoms with E-state index < -0.39 is 0 Å². The van der Waals surface area contributed by atoms with Crippen LogP contribution in [0.15, 0.2) is 18.3 Å². The van der Waals surface area contributed by atoms with Gasteiger partial charge in [0.15, 0.2) is 0 Å². The maximum atomic E-state index is 12.8. The van der Waals surface area contributed by atoms with Crippen LogP contribution in [0.2, 0.25) is 0 Å². The number of hydrogen-bond donors (Lipinski definition) is 0. The van der Waals surface area contributed by atoms with Gasteiger partial charge >= 0.3 is 0 Å². The Kier molecular flexibility index (Phi) is 4.91. The van der Waals surface area contributed by atoms with E-state index in [0.29, 0.717) is 0 Å². The van der Waals surface area contributed by atoms with Crippen molar-refractivity contribution in [3.8, 4) is 0 Å². The molecule has 1 rings (SSSR count). The molecule has 0 N–H and O–H groups in total. The van der Waals surface area contributed by atoms with E-state index in [-0.39, 0.29) is 11.2 Å². The fourth-order valence-corrected chi connectivity index (χ4v) is 1.98. The molecule has 1 unspecified atom stereocenters. The van der Waals surface area contributed by atoms with Crippen LogP contribution in [0.1, 0.15) is 58.6 Å². The summed E-state index contributed by atoms with van der Waals surface area (Å²) in [6.45, 7) is 6.61. The van der Waals surface area contributed by atoms with Gasteiger partial charge in [-0.3, -0.25) is 4.98 Å². The second kappa shape index (κ2) is 5.97. The monoisotopic (exact) mass is 223 g/mol. The lowest BCUT2D eigenvalue weighted by Gasteiger charge is -2.27. The number of rotatable bonds is 6. The molecule has 1 aromatic rings. The Hall–Kier alpha value is -0.920. The maximum Gasteiger partial charge on any atom is 0.141 e. The van der Waals surface area contributed by atoms with Crippen LogP contribution < -0.4 is 0 Å². The predicted molar refractivity (Wildman–Crippen MR) is 66.0 cm³/mol. The van der Waals surface area contributed by atoms with Gasteiger partial charge in [-0.05, 0) is 25.0 Å². The number of unbranched alkanes of at least 4 members (excludes halogenated alkanes) is 2. The first-order valence-electron chi connectivity index (χ1n) is 6.24. The highest BCUT2D eigenvalue weighted by molar-refractivity contribution is 5.16. The molecule has 0 aliphatic rings. The number of halogens is 1. The molecule has 0 aliphatic carbocycles. The third kappa shape index (κ3) is 3.29. The molecule has 0 saturated carbocycles. The molecule has 0 radical (unpaired) electrons. The van der Waals surface area contributed by atoms with Gasteiger partial charge in [-0.2, -0.15) is 0 Å². The molecule has 1 atom stereocenters. The Morgan fingerprint density at radius 1 is 1.25 bits per heavy atom. The van der Waals surface area contributed by atoms with Crippen molar-refractivity contribution in [2.75, 3.05) is 0 Å². The van der Waals surface area contributed by atoms with E-state index in [4.69, 9.17) is 0 Å². The van der Waals surface area contributed by atoms with Crippen molar-refractivity contribution >= 4 is 0 Å². The summed E-state index contributed by atoms with van der Waals surface area (Å²) >= 11 is 0. The lowest BCUT2D eigenvalue weighted by molar-refractivity contribution is 0.387. The van der Waals surface area contributed by atoms with Gasteiger partial charge in [0.1, 0.15) is 5.82 Å². The van der Waals surface area contributed by atoms with Gasteiger partial charge in [0.2, 0.25) is 0 Å². The maximum absolute atomic E-state index is 12.8. The summed E-state index contributed by atoms with van der Waals surface area (Å²) in [5, 5.41) is 0. The minimum absolute atomic E-state index is 0.100. The van der Waals surface area contributed by atoms with Crippen LogP contribution in [0.25, 0.3) is 0 Å². The Balaban J connectivity index is 2.74. The van der Waals surface area contributed by atoms with Crippen molar-refractivity contribution < 1.29 is 4.39 Å². The molecule has 90 valence electrons. The van der Waals surface area contributed by atoms with Crippen LogP contribution in [0.5, 0.6) is 0 Å². The fourth-order valence-electron chi connectivity index (χ4n) is 1.98. The zero-order chi connectivity index (χ0) is 12.0. The Bertz CT molecular complexity index is 307. The number of pyridine rings is 1. The smallest absolute Gasteiger partial charge is 0.141 e. The van der Waals surface area contributed by atoms with Crippen LogP contribution >= 0.6 is 0 Å². The third-order valence-corrected chi connectivity index (χ3v) is 3.46. The summed E-state index contributed by atoms with van der Waals surface area (Å²) in [4.78, 5) is 4.22. The summed E-state index contributed by atoms with van der Waals surface area (Å²) in [6, 6.07) is 3.33. The number of nitrogens with zero attached hydrogens (tertiary/aromatic N) is 1. The van der Waals surface area contributed by atoms with E-state index in [9.17, 15) is 4.39 Å². The molecule has 0 bridgehead atoms. The molecule has 16 heavy (non-hydrogen) atoms. The quantitative estimate of drug-likeness (QED) is 0.648. The lowest BCUT2D eigenvalue weighted by Crippen LogP contribution is -2.22. The predicted octanol–water partition coefficient (Wildman–Crippen LogP) is 4.47. The van der Waals surface area contributed by atoms with Crippen LogP contribution in [0, 0.1) is 5.82 Å². The Morgan fingerprint density at radius 2 is 2.00 bits per heavy atom. The summed E-state index contributed by atoms with van der Waals surface area (Å²) in [5.74, 6) is -0.254. The molecule has 1 aromatic heterocycles. The van der Waals surface area contributed by atoms with Gasteiger partial charge in [0.25, 0.3) is 0 Å². The van der Waals surface area contributed by atoms with Crippen LogP contribution in [-0.4, -0.2) is 4.98 Å². The Labute approximate surface area is 98.1 Å². The highest BCUT2D eigenvalue weighted by Gasteiger charge is 2.25. The van der Waals surface area contributed by atoms with Crippen LogP contribution in [-0.2, 0) is 5.41 Å². The van der Waals surface area contributed by atoms with E-state index >= 15 is 0 Å². The zero-order valence-electron chi connectivity index (χ0n) is 10.6. The summed E-state index contributed by atoms with van der Waals surface area (Å²) in [5.41, 5.74) is 1.12. The molecule has 0 aromatic carbocycles. The molecular formula is C14H22FN. The second-order valence-corrected chi connectivity index (χ2v) is 4.73. The lowest BCUT2D eigenvalue weighted by atomic mass is 9.79. The van der Waals surface area contributed by atoms with Crippen molar-refractivity contribution in [1.29, 1.82) is 0 Å². The Morgan fingerprint density at radius 3 is 2.50 bits per heavy atom. The van der Waals surface area contributed by atoms with Gasteiger partial charge in [0.05, 0.1) is 6.20 Å². The molecule has 1 heterocycles. The summed E-state index contributed by atoms with van der Waals surface area (Å²) in [7, 11) is 0. The molecular weight excluding hydrogens is 201 g/mol. The van der Waals surface area contributed by atoms with Crippen molar-refractivity contribution in [3.05, 3.63) is 29.8 Å². The van der Waals surface area contributed by atoms with E-state index in [1.807, 2.05) is 6.07 Å². The molecule has 1 nitrogen and oxygen atoms in total. The van der Waals surface area contributed by atoms with E-state index in [0.717, 1.165) is 18.5 Å². The van der Waals surface area contributed by atoms with E-state index in [1.165, 1.54) is 31.5 Å². The molecule has 2 heteroatoms. The van der Waals surface area contributed by atoms with Gasteiger partial charge in [-0.15, -0.1) is 0 Å². The van der Waals surface area contributed by atoms with Gasteiger partial charge < -0.3 is 0 Å². The zero-order valence-corrected chi connectivity index (χ0v) is 10.6. The molecule has 0 spiro atoms. The van der Waals surface area contributed by atoms with Gasteiger partial charge in [-0.25, -0.2) is 4.39 Å². The van der Waals surface area contributed by atoms with E-state index in [2.05, 4.69) is 25.8 Å². The van der Waals surface area contributed by atoms with Crippen LogP contribution in [0.4, 0.5) is 4.39 Å². The van der Waals surface area contributed by atoms with E-state index in [1.54, 1.807) is 0 Å². The topological polar surface area (TPSA) is 12.9 Å². The molecule has 0 fully saturated rings. The van der Waals surface area contributed by atoms with Crippen molar-refractivity contribution in [2.45, 2.75) is 58.3 Å². The highest BCUT2D eigenvalue weighted by atomic mass is 19.1. The largest absolute Gasteiger partial charge is 0.258 e. The first-order valence-corrected chi connectivity index (χ1v) is 6.24.